The van der Waals surface area contributed by atoms with E-state index < -0.39 is 40.4 Å². The fourth-order valence-electron chi connectivity index (χ4n) is 1.32. The summed E-state index contributed by atoms with van der Waals surface area (Å²) in [6.07, 6.45) is -5.56. The normalized spacial score (nSPS) is 11.9. The minimum atomic E-state index is -5.30. The number of rotatable bonds is 1. The van der Waals surface area contributed by atoms with E-state index in [9.17, 15) is 26.3 Å². The van der Waals surface area contributed by atoms with E-state index in [4.69, 9.17) is 5.73 Å². The van der Waals surface area contributed by atoms with E-state index in [-0.39, 0.29) is 6.42 Å². The second kappa shape index (κ2) is 3.88. The molecule has 0 aliphatic heterocycles. The molecular formula is C9H7F6N. The Labute approximate surface area is 86.9 Å². The third-order valence-electron chi connectivity index (χ3n) is 2.10. The Morgan fingerprint density at radius 3 is 1.88 bits per heavy atom. The monoisotopic (exact) mass is 243 g/mol. The van der Waals surface area contributed by atoms with Crippen molar-refractivity contribution in [3.63, 3.8) is 0 Å². The lowest BCUT2D eigenvalue weighted by molar-refractivity contribution is -0.142. The van der Waals surface area contributed by atoms with Crippen LogP contribution < -0.4 is 5.73 Å². The van der Waals surface area contributed by atoms with Gasteiger partial charge in [-0.05, 0) is 6.42 Å². The highest BCUT2D eigenvalue weighted by Gasteiger charge is 2.41. The Balaban J connectivity index is 3.69. The third kappa shape index (κ3) is 1.81. The Morgan fingerprint density at radius 2 is 1.50 bits per heavy atom. The van der Waals surface area contributed by atoms with Gasteiger partial charge in [0.2, 0.25) is 0 Å². The molecule has 1 nitrogen and oxygen atoms in total. The Morgan fingerprint density at radius 1 is 1.00 bits per heavy atom. The predicted molar refractivity (Wildman–Crippen MR) is 45.1 cm³/mol. The van der Waals surface area contributed by atoms with Gasteiger partial charge in [0.1, 0.15) is 11.4 Å². The van der Waals surface area contributed by atoms with E-state index in [1.165, 1.54) is 6.92 Å². The van der Waals surface area contributed by atoms with Crippen LogP contribution in [0, 0.1) is 17.5 Å². The first-order chi connectivity index (χ1) is 7.21. The van der Waals surface area contributed by atoms with Crippen molar-refractivity contribution in [2.24, 2.45) is 0 Å². The van der Waals surface area contributed by atoms with Gasteiger partial charge in [0.15, 0.2) is 11.6 Å². The predicted octanol–water partition coefficient (Wildman–Crippen LogP) is 3.27. The molecule has 0 aliphatic rings. The van der Waals surface area contributed by atoms with Gasteiger partial charge in [-0.2, -0.15) is 13.2 Å². The molecule has 0 bridgehead atoms. The second-order valence-electron chi connectivity index (χ2n) is 3.06. The van der Waals surface area contributed by atoms with Gasteiger partial charge in [0.05, 0.1) is 5.69 Å². The maximum absolute atomic E-state index is 13.3. The van der Waals surface area contributed by atoms with Crippen LogP contribution in [-0.4, -0.2) is 0 Å². The summed E-state index contributed by atoms with van der Waals surface area (Å²) in [5.41, 5.74) is 1.14. The minimum Gasteiger partial charge on any atom is -0.396 e. The molecule has 0 aromatic heterocycles. The molecule has 0 unspecified atom stereocenters. The van der Waals surface area contributed by atoms with Crippen molar-refractivity contribution in [2.75, 3.05) is 5.73 Å². The lowest BCUT2D eigenvalue weighted by Crippen LogP contribution is -2.17. The summed E-state index contributed by atoms with van der Waals surface area (Å²) in [7, 11) is 0. The summed E-state index contributed by atoms with van der Waals surface area (Å²) in [5.74, 6) is -6.03. The highest BCUT2D eigenvalue weighted by Crippen LogP contribution is 2.38. The van der Waals surface area contributed by atoms with Gasteiger partial charge < -0.3 is 5.73 Å². The molecule has 1 aromatic carbocycles. The molecule has 0 fully saturated rings. The average molecular weight is 243 g/mol. The average Bonchev–Trinajstić information content (AvgIpc) is 2.13. The molecule has 0 atom stereocenters. The van der Waals surface area contributed by atoms with Crippen molar-refractivity contribution in [3.05, 3.63) is 28.6 Å². The third-order valence-corrected chi connectivity index (χ3v) is 2.10. The number of alkyl halides is 3. The molecule has 90 valence electrons. The van der Waals surface area contributed by atoms with Crippen molar-refractivity contribution < 1.29 is 26.3 Å². The van der Waals surface area contributed by atoms with E-state index in [1.54, 1.807) is 0 Å². The molecule has 0 heterocycles. The first kappa shape index (κ1) is 12.7. The smallest absolute Gasteiger partial charge is 0.396 e. The lowest BCUT2D eigenvalue weighted by atomic mass is 10.0. The number of benzene rings is 1. The molecular weight excluding hydrogens is 236 g/mol. The SMILES string of the molecule is CCc1c(N)c(F)c(F)c(C(F)(F)F)c1F. The van der Waals surface area contributed by atoms with Crippen LogP contribution in [-0.2, 0) is 12.6 Å². The number of nitrogens with two attached hydrogens (primary N) is 1. The van der Waals surface area contributed by atoms with Crippen molar-refractivity contribution in [1.29, 1.82) is 0 Å². The zero-order valence-corrected chi connectivity index (χ0v) is 8.05. The van der Waals surface area contributed by atoms with Crippen LogP contribution in [0.15, 0.2) is 0 Å². The summed E-state index contributed by atoms with van der Waals surface area (Å²) < 4.78 is 75.9. The van der Waals surface area contributed by atoms with Gasteiger partial charge in [-0.15, -0.1) is 0 Å². The van der Waals surface area contributed by atoms with E-state index in [0.717, 1.165) is 0 Å². The quantitative estimate of drug-likeness (QED) is 0.457. The van der Waals surface area contributed by atoms with Gasteiger partial charge in [0.25, 0.3) is 0 Å². The van der Waals surface area contributed by atoms with E-state index in [1.807, 2.05) is 0 Å². The van der Waals surface area contributed by atoms with E-state index >= 15 is 0 Å². The summed E-state index contributed by atoms with van der Waals surface area (Å²) in [6.45, 7) is 1.28. The summed E-state index contributed by atoms with van der Waals surface area (Å²) in [4.78, 5) is 0. The molecule has 0 aliphatic carbocycles. The van der Waals surface area contributed by atoms with Crippen LogP contribution in [0.2, 0.25) is 0 Å². The van der Waals surface area contributed by atoms with Gasteiger partial charge in [-0.1, -0.05) is 6.92 Å². The Bertz CT molecular complexity index is 423. The molecule has 1 rings (SSSR count). The Kier molecular flexibility index (Phi) is 3.07. The summed E-state index contributed by atoms with van der Waals surface area (Å²) in [6, 6.07) is 0. The zero-order chi connectivity index (χ0) is 12.7. The highest BCUT2D eigenvalue weighted by atomic mass is 19.4. The van der Waals surface area contributed by atoms with Crippen LogP contribution >= 0.6 is 0 Å². The Hall–Kier alpha value is -1.40. The number of halogens is 6. The van der Waals surface area contributed by atoms with Crippen molar-refractivity contribution in [3.8, 4) is 0 Å². The van der Waals surface area contributed by atoms with Crippen LogP contribution in [0.4, 0.5) is 32.0 Å². The molecule has 1 aromatic rings. The second-order valence-corrected chi connectivity index (χ2v) is 3.06. The minimum absolute atomic E-state index is 0.266. The summed E-state index contributed by atoms with van der Waals surface area (Å²) in [5, 5.41) is 0. The fourth-order valence-corrected chi connectivity index (χ4v) is 1.32. The molecule has 0 saturated heterocycles. The first-order valence-electron chi connectivity index (χ1n) is 4.23. The standard InChI is InChI=1S/C9H7F6N/c1-2-3-5(10)4(9(13,14)15)6(11)7(12)8(3)16/h2,16H2,1H3. The van der Waals surface area contributed by atoms with Crippen LogP contribution in [0.1, 0.15) is 18.1 Å². The largest absolute Gasteiger partial charge is 0.422 e. The molecule has 2 N–H and O–H groups in total. The molecule has 0 radical (unpaired) electrons. The zero-order valence-electron chi connectivity index (χ0n) is 8.05. The first-order valence-corrected chi connectivity index (χ1v) is 4.23. The van der Waals surface area contributed by atoms with E-state index in [0.29, 0.717) is 0 Å². The van der Waals surface area contributed by atoms with Crippen LogP contribution in [0.25, 0.3) is 0 Å². The van der Waals surface area contributed by atoms with Crippen LogP contribution in [0.3, 0.4) is 0 Å². The molecule has 0 spiro atoms. The number of hydrogen-bond donors (Lipinski definition) is 1. The molecule has 7 heteroatoms. The fraction of sp³-hybridized carbons (Fsp3) is 0.333. The maximum atomic E-state index is 13.3. The number of hydrogen-bond acceptors (Lipinski definition) is 1. The van der Waals surface area contributed by atoms with Gasteiger partial charge in [-0.3, -0.25) is 0 Å². The molecule has 16 heavy (non-hydrogen) atoms. The summed E-state index contributed by atoms with van der Waals surface area (Å²) >= 11 is 0. The van der Waals surface area contributed by atoms with Gasteiger partial charge in [-0.25, -0.2) is 13.2 Å². The molecule has 0 amide bonds. The number of nitrogen functional groups attached to an aromatic ring is 1. The number of anilines is 1. The highest BCUT2D eigenvalue weighted by molar-refractivity contribution is 5.52. The maximum Gasteiger partial charge on any atom is 0.422 e. The topological polar surface area (TPSA) is 26.0 Å². The van der Waals surface area contributed by atoms with Crippen molar-refractivity contribution in [2.45, 2.75) is 19.5 Å². The van der Waals surface area contributed by atoms with Crippen molar-refractivity contribution >= 4 is 5.69 Å². The van der Waals surface area contributed by atoms with E-state index in [2.05, 4.69) is 0 Å². The van der Waals surface area contributed by atoms with Crippen LogP contribution in [0.5, 0.6) is 0 Å². The van der Waals surface area contributed by atoms with Gasteiger partial charge >= 0.3 is 6.18 Å². The lowest BCUT2D eigenvalue weighted by Gasteiger charge is -2.14. The van der Waals surface area contributed by atoms with Crippen molar-refractivity contribution in [1.82, 2.24) is 0 Å². The molecule has 0 saturated carbocycles. The van der Waals surface area contributed by atoms with Gasteiger partial charge in [0, 0.05) is 5.56 Å².